The highest BCUT2D eigenvalue weighted by Crippen LogP contribution is 2.37. The normalized spacial score (nSPS) is 11.6. The molecular weight excluding hydrogens is 318 g/mol. The Morgan fingerprint density at radius 2 is 2.12 bits per heavy atom. The molecule has 0 aliphatic rings. The van der Waals surface area contributed by atoms with Crippen LogP contribution in [0.1, 0.15) is 0 Å². The molecule has 0 spiro atoms. The maximum absolute atomic E-state index is 10.2. The molecule has 7 nitrogen and oxygen atoms in total. The lowest BCUT2D eigenvalue weighted by molar-refractivity contribution is 0.425. The number of H-pyrrole nitrogens is 1. The van der Waals surface area contributed by atoms with Crippen LogP contribution in [0, 0.1) is 0 Å². The number of hydrogen-bond donors (Lipinski definition) is 3. The summed E-state index contributed by atoms with van der Waals surface area (Å²) >= 11 is 0. The average Bonchev–Trinajstić information content (AvgIpc) is 3.13. The SMILES string of the molecule is CN(C)CCNc1cnc2nc(-c3c(O)[nH]c4ccccc34)oc2c1. The summed E-state index contributed by atoms with van der Waals surface area (Å²) in [5.74, 6) is 0.389. The summed E-state index contributed by atoms with van der Waals surface area (Å²) in [6, 6.07) is 9.50. The second kappa shape index (κ2) is 6.10. The Hall–Kier alpha value is -3.06. The monoisotopic (exact) mass is 337 g/mol. The first kappa shape index (κ1) is 15.5. The zero-order valence-electron chi connectivity index (χ0n) is 14.1. The number of pyridine rings is 1. The first-order valence-corrected chi connectivity index (χ1v) is 8.07. The molecule has 0 amide bonds. The lowest BCUT2D eigenvalue weighted by atomic mass is 10.2. The maximum atomic E-state index is 10.2. The molecule has 128 valence electrons. The molecule has 3 aromatic heterocycles. The Morgan fingerprint density at radius 1 is 1.28 bits per heavy atom. The molecule has 3 heterocycles. The predicted octanol–water partition coefficient (Wildman–Crippen LogP) is 3.05. The number of aromatic hydroxyl groups is 1. The topological polar surface area (TPSA) is 90.2 Å². The molecule has 7 heteroatoms. The number of rotatable bonds is 5. The van der Waals surface area contributed by atoms with E-state index in [2.05, 4.69) is 25.2 Å². The van der Waals surface area contributed by atoms with Crippen molar-refractivity contribution >= 4 is 27.8 Å². The fourth-order valence-corrected chi connectivity index (χ4v) is 2.79. The third-order valence-electron chi connectivity index (χ3n) is 4.04. The molecule has 0 unspecified atom stereocenters. The van der Waals surface area contributed by atoms with Crippen LogP contribution < -0.4 is 5.32 Å². The molecule has 0 bridgehead atoms. The summed E-state index contributed by atoms with van der Waals surface area (Å²) in [7, 11) is 4.05. The third-order valence-corrected chi connectivity index (χ3v) is 4.04. The van der Waals surface area contributed by atoms with Crippen LogP contribution in [0.3, 0.4) is 0 Å². The van der Waals surface area contributed by atoms with E-state index in [9.17, 15) is 5.11 Å². The fourth-order valence-electron chi connectivity index (χ4n) is 2.79. The number of anilines is 1. The summed E-state index contributed by atoms with van der Waals surface area (Å²) in [5, 5.41) is 14.4. The summed E-state index contributed by atoms with van der Waals surface area (Å²) < 4.78 is 5.87. The summed E-state index contributed by atoms with van der Waals surface area (Å²) in [5.41, 5.74) is 3.35. The van der Waals surface area contributed by atoms with Crippen LogP contribution in [0.25, 0.3) is 33.6 Å². The second-order valence-corrected chi connectivity index (χ2v) is 6.19. The van der Waals surface area contributed by atoms with E-state index in [-0.39, 0.29) is 5.88 Å². The molecule has 4 aromatic rings. The molecule has 0 saturated heterocycles. The molecule has 0 atom stereocenters. The number of benzene rings is 1. The first-order chi connectivity index (χ1) is 12.1. The average molecular weight is 337 g/mol. The van der Waals surface area contributed by atoms with Gasteiger partial charge in [-0.05, 0) is 20.2 Å². The summed E-state index contributed by atoms with van der Waals surface area (Å²) in [6.45, 7) is 1.73. The van der Waals surface area contributed by atoms with E-state index in [1.165, 1.54) is 0 Å². The minimum absolute atomic E-state index is 0.0390. The first-order valence-electron chi connectivity index (χ1n) is 8.07. The van der Waals surface area contributed by atoms with Gasteiger partial charge in [0.25, 0.3) is 0 Å². The number of oxazole rings is 1. The molecule has 0 saturated carbocycles. The number of aromatic nitrogens is 3. The maximum Gasteiger partial charge on any atom is 0.234 e. The summed E-state index contributed by atoms with van der Waals surface area (Å²) in [4.78, 5) is 13.8. The second-order valence-electron chi connectivity index (χ2n) is 6.19. The Bertz CT molecular complexity index is 1030. The van der Waals surface area contributed by atoms with E-state index in [0.717, 1.165) is 29.7 Å². The van der Waals surface area contributed by atoms with Gasteiger partial charge in [0.05, 0.1) is 11.9 Å². The van der Waals surface area contributed by atoms with E-state index < -0.39 is 0 Å². The lowest BCUT2D eigenvalue weighted by Gasteiger charge is -2.10. The molecule has 3 N–H and O–H groups in total. The van der Waals surface area contributed by atoms with Crippen molar-refractivity contribution in [3.63, 3.8) is 0 Å². The quantitative estimate of drug-likeness (QED) is 0.518. The Balaban J connectivity index is 1.70. The highest BCUT2D eigenvalue weighted by atomic mass is 16.4. The molecular formula is C18H19N5O2. The third kappa shape index (κ3) is 2.89. The van der Waals surface area contributed by atoms with Gasteiger partial charge in [-0.1, -0.05) is 18.2 Å². The molecule has 0 fully saturated rings. The van der Waals surface area contributed by atoms with Crippen molar-refractivity contribution < 1.29 is 9.52 Å². The van der Waals surface area contributed by atoms with Crippen molar-refractivity contribution in [2.75, 3.05) is 32.5 Å². The van der Waals surface area contributed by atoms with Gasteiger partial charge in [-0.2, -0.15) is 4.98 Å². The van der Waals surface area contributed by atoms with Gasteiger partial charge in [-0.3, -0.25) is 0 Å². The minimum Gasteiger partial charge on any atom is -0.494 e. The minimum atomic E-state index is 0.0390. The molecule has 1 aromatic carbocycles. The predicted molar refractivity (Wildman–Crippen MR) is 97.8 cm³/mol. The van der Waals surface area contributed by atoms with Crippen LogP contribution in [0.15, 0.2) is 40.9 Å². The van der Waals surface area contributed by atoms with Crippen molar-refractivity contribution in [3.8, 4) is 17.3 Å². The van der Waals surface area contributed by atoms with E-state index in [0.29, 0.717) is 22.7 Å². The van der Waals surface area contributed by atoms with Gasteiger partial charge >= 0.3 is 0 Å². The van der Waals surface area contributed by atoms with Gasteiger partial charge in [-0.15, -0.1) is 0 Å². The Kier molecular flexibility index (Phi) is 3.77. The largest absolute Gasteiger partial charge is 0.494 e. The van der Waals surface area contributed by atoms with Crippen molar-refractivity contribution in [1.29, 1.82) is 0 Å². The van der Waals surface area contributed by atoms with E-state index in [1.54, 1.807) is 6.20 Å². The van der Waals surface area contributed by atoms with Gasteiger partial charge < -0.3 is 24.7 Å². The number of nitrogens with one attached hydrogen (secondary N) is 2. The number of aromatic amines is 1. The number of hydrogen-bond acceptors (Lipinski definition) is 6. The van der Waals surface area contributed by atoms with Crippen LogP contribution >= 0.6 is 0 Å². The van der Waals surface area contributed by atoms with Crippen molar-refractivity contribution in [1.82, 2.24) is 19.9 Å². The smallest absolute Gasteiger partial charge is 0.234 e. The van der Waals surface area contributed by atoms with Crippen LogP contribution in [-0.2, 0) is 0 Å². The standard InChI is InChI=1S/C18H19N5O2/c1-23(2)8-7-19-11-9-14-16(20-10-11)22-18(25-14)15-12-5-3-4-6-13(12)21-17(15)24/h3-6,9-10,19,21,24H,7-8H2,1-2H3. The van der Waals surface area contributed by atoms with Crippen LogP contribution in [0.4, 0.5) is 5.69 Å². The van der Waals surface area contributed by atoms with Gasteiger partial charge in [0.2, 0.25) is 11.8 Å². The van der Waals surface area contributed by atoms with Crippen molar-refractivity contribution in [3.05, 3.63) is 36.5 Å². The van der Waals surface area contributed by atoms with Crippen molar-refractivity contribution in [2.24, 2.45) is 0 Å². The lowest BCUT2D eigenvalue weighted by Crippen LogP contribution is -2.20. The number of nitrogens with zero attached hydrogens (tertiary/aromatic N) is 3. The number of fused-ring (bicyclic) bond motifs is 2. The highest BCUT2D eigenvalue weighted by molar-refractivity contribution is 5.97. The van der Waals surface area contributed by atoms with Gasteiger partial charge in [-0.25, -0.2) is 4.98 Å². The fraction of sp³-hybridized carbons (Fsp3) is 0.222. The van der Waals surface area contributed by atoms with Crippen molar-refractivity contribution in [2.45, 2.75) is 0 Å². The van der Waals surface area contributed by atoms with E-state index in [1.807, 2.05) is 44.4 Å². The van der Waals surface area contributed by atoms with Gasteiger partial charge in [0.15, 0.2) is 11.2 Å². The van der Waals surface area contributed by atoms with Gasteiger partial charge in [0.1, 0.15) is 5.56 Å². The van der Waals surface area contributed by atoms with Crippen LogP contribution in [0.5, 0.6) is 5.88 Å². The number of likely N-dealkylation sites (N-methyl/N-ethyl adjacent to an activating group) is 1. The Labute approximate surface area is 144 Å². The zero-order valence-corrected chi connectivity index (χ0v) is 14.1. The molecule has 4 rings (SSSR count). The molecule has 0 radical (unpaired) electrons. The number of para-hydroxylation sites is 1. The van der Waals surface area contributed by atoms with E-state index in [4.69, 9.17) is 4.42 Å². The zero-order chi connectivity index (χ0) is 17.4. The Morgan fingerprint density at radius 3 is 2.96 bits per heavy atom. The molecule has 0 aliphatic heterocycles. The highest BCUT2D eigenvalue weighted by Gasteiger charge is 2.18. The summed E-state index contributed by atoms with van der Waals surface area (Å²) in [6.07, 6.45) is 1.74. The van der Waals surface area contributed by atoms with Crippen LogP contribution in [-0.4, -0.2) is 52.1 Å². The van der Waals surface area contributed by atoms with Gasteiger partial charge in [0, 0.05) is 30.1 Å². The van der Waals surface area contributed by atoms with E-state index >= 15 is 0 Å². The molecule has 0 aliphatic carbocycles. The van der Waals surface area contributed by atoms with Crippen LogP contribution in [0.2, 0.25) is 0 Å². The molecule has 25 heavy (non-hydrogen) atoms.